The number of piperidine rings is 1. The minimum Gasteiger partial charge on any atom is -0.399 e. The van der Waals surface area contributed by atoms with Gasteiger partial charge in [0.2, 0.25) is 0 Å². The molecule has 98 valence electrons. The lowest BCUT2D eigenvalue weighted by Gasteiger charge is -2.35. The SMILES string of the molecule is CC1CN(C)CCC1NC(=O)c1cccc(N)c1. The molecule has 1 saturated heterocycles. The van der Waals surface area contributed by atoms with Crippen molar-refractivity contribution >= 4 is 11.6 Å². The lowest BCUT2D eigenvalue weighted by atomic mass is 9.94. The van der Waals surface area contributed by atoms with E-state index >= 15 is 0 Å². The van der Waals surface area contributed by atoms with Crippen molar-refractivity contribution in [2.24, 2.45) is 5.92 Å². The van der Waals surface area contributed by atoms with Crippen molar-refractivity contribution in [2.45, 2.75) is 19.4 Å². The third-order valence-electron chi connectivity index (χ3n) is 3.57. The number of carbonyl (C=O) groups excluding carboxylic acids is 1. The fourth-order valence-corrected chi connectivity index (χ4v) is 2.50. The van der Waals surface area contributed by atoms with Gasteiger partial charge in [0.1, 0.15) is 0 Å². The van der Waals surface area contributed by atoms with E-state index in [0.29, 0.717) is 17.2 Å². The third-order valence-corrected chi connectivity index (χ3v) is 3.57. The topological polar surface area (TPSA) is 58.4 Å². The maximum Gasteiger partial charge on any atom is 0.251 e. The van der Waals surface area contributed by atoms with Gasteiger partial charge in [-0.15, -0.1) is 0 Å². The van der Waals surface area contributed by atoms with E-state index in [1.807, 2.05) is 6.07 Å². The summed E-state index contributed by atoms with van der Waals surface area (Å²) >= 11 is 0. The summed E-state index contributed by atoms with van der Waals surface area (Å²) in [4.78, 5) is 14.4. The Morgan fingerprint density at radius 3 is 2.94 bits per heavy atom. The summed E-state index contributed by atoms with van der Waals surface area (Å²) in [5.41, 5.74) is 6.95. The summed E-state index contributed by atoms with van der Waals surface area (Å²) in [5, 5.41) is 3.11. The van der Waals surface area contributed by atoms with Crippen LogP contribution in [0.5, 0.6) is 0 Å². The first-order chi connectivity index (χ1) is 8.56. The quantitative estimate of drug-likeness (QED) is 0.775. The Balaban J connectivity index is 1.99. The molecule has 2 atom stereocenters. The van der Waals surface area contributed by atoms with Crippen LogP contribution in [0.3, 0.4) is 0 Å². The van der Waals surface area contributed by atoms with Crippen LogP contribution >= 0.6 is 0 Å². The number of nitrogens with one attached hydrogen (secondary N) is 1. The molecule has 18 heavy (non-hydrogen) atoms. The zero-order valence-electron chi connectivity index (χ0n) is 11.0. The first-order valence-corrected chi connectivity index (χ1v) is 6.41. The van der Waals surface area contributed by atoms with E-state index in [4.69, 9.17) is 5.73 Å². The average molecular weight is 247 g/mol. The van der Waals surface area contributed by atoms with Gasteiger partial charge >= 0.3 is 0 Å². The fourth-order valence-electron chi connectivity index (χ4n) is 2.50. The van der Waals surface area contributed by atoms with Gasteiger partial charge < -0.3 is 16.0 Å². The molecule has 0 aromatic heterocycles. The number of carbonyl (C=O) groups is 1. The van der Waals surface area contributed by atoms with Crippen molar-refractivity contribution in [1.29, 1.82) is 0 Å². The van der Waals surface area contributed by atoms with E-state index < -0.39 is 0 Å². The molecule has 1 aliphatic rings. The van der Waals surface area contributed by atoms with Crippen LogP contribution in [-0.4, -0.2) is 37.0 Å². The third kappa shape index (κ3) is 3.01. The van der Waals surface area contributed by atoms with Crippen LogP contribution in [0.4, 0.5) is 5.69 Å². The van der Waals surface area contributed by atoms with Crippen LogP contribution in [0, 0.1) is 5.92 Å². The molecule has 2 unspecified atom stereocenters. The molecule has 1 aromatic rings. The largest absolute Gasteiger partial charge is 0.399 e. The first-order valence-electron chi connectivity index (χ1n) is 6.41. The number of likely N-dealkylation sites (tertiary alicyclic amines) is 1. The second kappa shape index (κ2) is 5.40. The molecule has 3 N–H and O–H groups in total. The normalized spacial score (nSPS) is 24.8. The number of nitrogen functional groups attached to an aromatic ring is 1. The van der Waals surface area contributed by atoms with E-state index in [0.717, 1.165) is 19.5 Å². The van der Waals surface area contributed by atoms with Crippen LogP contribution in [0.15, 0.2) is 24.3 Å². The standard InChI is InChI=1S/C14H21N3O/c1-10-9-17(2)7-6-13(10)16-14(18)11-4-3-5-12(15)8-11/h3-5,8,10,13H,6-7,9,15H2,1-2H3,(H,16,18). The molecule has 1 aromatic carbocycles. The molecule has 1 amide bonds. The summed E-state index contributed by atoms with van der Waals surface area (Å²) in [6.45, 7) is 4.24. The molecule has 4 heteroatoms. The molecule has 1 heterocycles. The maximum absolute atomic E-state index is 12.1. The Labute approximate surface area is 108 Å². The molecule has 0 spiro atoms. The van der Waals surface area contributed by atoms with E-state index in [1.54, 1.807) is 18.2 Å². The number of nitrogens with two attached hydrogens (primary N) is 1. The van der Waals surface area contributed by atoms with E-state index in [-0.39, 0.29) is 11.9 Å². The minimum absolute atomic E-state index is 0.0243. The second-order valence-corrected chi connectivity index (χ2v) is 5.23. The van der Waals surface area contributed by atoms with Gasteiger partial charge in [0.25, 0.3) is 5.91 Å². The number of anilines is 1. The predicted molar refractivity (Wildman–Crippen MR) is 73.4 cm³/mol. The van der Waals surface area contributed by atoms with Crippen LogP contribution < -0.4 is 11.1 Å². The van der Waals surface area contributed by atoms with Gasteiger partial charge in [-0.2, -0.15) is 0 Å². The summed E-state index contributed by atoms with van der Waals surface area (Å²) in [7, 11) is 2.12. The van der Waals surface area contributed by atoms with Gasteiger partial charge in [-0.25, -0.2) is 0 Å². The van der Waals surface area contributed by atoms with Crippen molar-refractivity contribution in [1.82, 2.24) is 10.2 Å². The van der Waals surface area contributed by atoms with Gasteiger partial charge in [-0.1, -0.05) is 13.0 Å². The van der Waals surface area contributed by atoms with Gasteiger partial charge in [-0.3, -0.25) is 4.79 Å². The Kier molecular flexibility index (Phi) is 3.87. The smallest absolute Gasteiger partial charge is 0.251 e. The summed E-state index contributed by atoms with van der Waals surface area (Å²) in [5.74, 6) is 0.456. The molecular formula is C14H21N3O. The molecule has 1 fully saturated rings. The van der Waals surface area contributed by atoms with E-state index in [9.17, 15) is 4.79 Å². The van der Waals surface area contributed by atoms with Gasteiger partial charge in [0.05, 0.1) is 0 Å². The van der Waals surface area contributed by atoms with Crippen LogP contribution in [0.25, 0.3) is 0 Å². The number of amides is 1. The van der Waals surface area contributed by atoms with Gasteiger partial charge in [0.15, 0.2) is 0 Å². The molecular weight excluding hydrogens is 226 g/mol. The molecule has 0 saturated carbocycles. The van der Waals surface area contributed by atoms with E-state index in [1.165, 1.54) is 0 Å². The van der Waals surface area contributed by atoms with Crippen molar-refractivity contribution < 1.29 is 4.79 Å². The molecule has 4 nitrogen and oxygen atoms in total. The molecule has 0 radical (unpaired) electrons. The van der Waals surface area contributed by atoms with Crippen LogP contribution in [-0.2, 0) is 0 Å². The van der Waals surface area contributed by atoms with Gasteiger partial charge in [0, 0.05) is 23.8 Å². The van der Waals surface area contributed by atoms with Crippen LogP contribution in [0.1, 0.15) is 23.7 Å². The number of rotatable bonds is 2. The highest BCUT2D eigenvalue weighted by Gasteiger charge is 2.25. The highest BCUT2D eigenvalue weighted by molar-refractivity contribution is 5.95. The predicted octanol–water partition coefficient (Wildman–Crippen LogP) is 1.34. The highest BCUT2D eigenvalue weighted by atomic mass is 16.1. The minimum atomic E-state index is -0.0243. The number of nitrogens with zero attached hydrogens (tertiary/aromatic N) is 1. The maximum atomic E-state index is 12.1. The van der Waals surface area contributed by atoms with E-state index in [2.05, 4.69) is 24.2 Å². The van der Waals surface area contributed by atoms with Crippen molar-refractivity contribution in [3.05, 3.63) is 29.8 Å². The lowest BCUT2D eigenvalue weighted by Crippen LogP contribution is -2.48. The Morgan fingerprint density at radius 1 is 1.50 bits per heavy atom. The monoisotopic (exact) mass is 247 g/mol. The Bertz CT molecular complexity index is 433. The molecule has 1 aliphatic heterocycles. The Hall–Kier alpha value is -1.55. The highest BCUT2D eigenvalue weighted by Crippen LogP contribution is 2.16. The molecule has 0 bridgehead atoms. The molecule has 0 aliphatic carbocycles. The Morgan fingerprint density at radius 2 is 2.28 bits per heavy atom. The number of benzene rings is 1. The molecule has 2 rings (SSSR count). The fraction of sp³-hybridized carbons (Fsp3) is 0.500. The summed E-state index contributed by atoms with van der Waals surface area (Å²) in [6.07, 6.45) is 1.01. The number of hydrogen-bond donors (Lipinski definition) is 2. The van der Waals surface area contributed by atoms with Crippen molar-refractivity contribution in [2.75, 3.05) is 25.9 Å². The van der Waals surface area contributed by atoms with Crippen molar-refractivity contribution in [3.8, 4) is 0 Å². The summed E-state index contributed by atoms with van der Waals surface area (Å²) in [6, 6.07) is 7.37. The average Bonchev–Trinajstić information content (AvgIpc) is 2.32. The first kappa shape index (κ1) is 12.9. The second-order valence-electron chi connectivity index (χ2n) is 5.23. The zero-order chi connectivity index (χ0) is 13.1. The summed E-state index contributed by atoms with van der Waals surface area (Å²) < 4.78 is 0. The van der Waals surface area contributed by atoms with Gasteiger partial charge in [-0.05, 0) is 44.1 Å². The van der Waals surface area contributed by atoms with Crippen LogP contribution in [0.2, 0.25) is 0 Å². The zero-order valence-corrected chi connectivity index (χ0v) is 11.0. The number of hydrogen-bond acceptors (Lipinski definition) is 3. The van der Waals surface area contributed by atoms with Crippen molar-refractivity contribution in [3.63, 3.8) is 0 Å². The lowest BCUT2D eigenvalue weighted by molar-refractivity contribution is 0.0884.